The van der Waals surface area contributed by atoms with Crippen LogP contribution < -0.4 is 10.1 Å². The average Bonchev–Trinajstić information content (AvgIpc) is 2.60. The normalized spacial score (nSPS) is 10.6. The molecule has 130 valence electrons. The topological polar surface area (TPSA) is 81.5 Å². The molecule has 0 aliphatic heterocycles. The molecule has 25 heavy (non-hydrogen) atoms. The van der Waals surface area contributed by atoms with Gasteiger partial charge >= 0.3 is 0 Å². The lowest BCUT2D eigenvalue weighted by atomic mass is 10.1. The van der Waals surface area contributed by atoms with E-state index in [0.717, 1.165) is 23.3 Å². The SMILES string of the molecule is CCCOc1ccc(/C=C\C(=O)Nc2cc([N+](=O)[O-])ccc2C)cc1. The molecule has 0 spiro atoms. The molecule has 0 bridgehead atoms. The van der Waals surface area contributed by atoms with Gasteiger partial charge in [0.15, 0.2) is 0 Å². The molecule has 0 atom stereocenters. The van der Waals surface area contributed by atoms with Crippen LogP contribution in [0, 0.1) is 17.0 Å². The fraction of sp³-hybridized carbons (Fsp3) is 0.211. The van der Waals surface area contributed by atoms with Gasteiger partial charge in [0.05, 0.1) is 17.2 Å². The van der Waals surface area contributed by atoms with E-state index in [-0.39, 0.29) is 11.6 Å². The van der Waals surface area contributed by atoms with Gasteiger partial charge in [0.2, 0.25) is 5.91 Å². The molecular weight excluding hydrogens is 320 g/mol. The van der Waals surface area contributed by atoms with Gasteiger partial charge in [-0.1, -0.05) is 25.1 Å². The van der Waals surface area contributed by atoms with Crippen LogP contribution in [-0.2, 0) is 4.79 Å². The summed E-state index contributed by atoms with van der Waals surface area (Å²) in [6.45, 7) is 4.48. The van der Waals surface area contributed by atoms with E-state index in [2.05, 4.69) is 5.32 Å². The number of non-ortho nitro benzene ring substituents is 1. The zero-order valence-electron chi connectivity index (χ0n) is 14.2. The maximum Gasteiger partial charge on any atom is 0.271 e. The fourth-order valence-electron chi connectivity index (χ4n) is 2.10. The minimum Gasteiger partial charge on any atom is -0.494 e. The summed E-state index contributed by atoms with van der Waals surface area (Å²) in [4.78, 5) is 22.4. The predicted molar refractivity (Wildman–Crippen MR) is 97.7 cm³/mol. The van der Waals surface area contributed by atoms with E-state index in [1.165, 1.54) is 18.2 Å². The first-order chi connectivity index (χ1) is 12.0. The first-order valence-corrected chi connectivity index (χ1v) is 7.96. The number of nitrogens with zero attached hydrogens (tertiary/aromatic N) is 1. The summed E-state index contributed by atoms with van der Waals surface area (Å²) >= 11 is 0. The highest BCUT2D eigenvalue weighted by Crippen LogP contribution is 2.22. The summed E-state index contributed by atoms with van der Waals surface area (Å²) in [5.41, 5.74) is 1.97. The second-order valence-electron chi connectivity index (χ2n) is 5.50. The van der Waals surface area contributed by atoms with Gasteiger partial charge in [-0.15, -0.1) is 0 Å². The number of amides is 1. The third-order valence-corrected chi connectivity index (χ3v) is 3.47. The molecule has 2 aromatic rings. The lowest BCUT2D eigenvalue weighted by molar-refractivity contribution is -0.384. The predicted octanol–water partition coefficient (Wildman–Crippen LogP) is 4.34. The van der Waals surface area contributed by atoms with Crippen molar-refractivity contribution in [2.24, 2.45) is 0 Å². The van der Waals surface area contributed by atoms with E-state index < -0.39 is 4.92 Å². The molecule has 0 fully saturated rings. The number of nitrogens with one attached hydrogen (secondary N) is 1. The Labute approximate surface area is 146 Å². The van der Waals surface area contributed by atoms with Crippen molar-refractivity contribution in [2.75, 3.05) is 11.9 Å². The Morgan fingerprint density at radius 1 is 1.24 bits per heavy atom. The first-order valence-electron chi connectivity index (χ1n) is 7.96. The lowest BCUT2D eigenvalue weighted by Crippen LogP contribution is -2.09. The maximum atomic E-state index is 12.0. The smallest absolute Gasteiger partial charge is 0.271 e. The second kappa shape index (κ2) is 8.63. The number of carbonyl (C=O) groups excluding carboxylic acids is 1. The summed E-state index contributed by atoms with van der Waals surface area (Å²) < 4.78 is 5.50. The van der Waals surface area contributed by atoms with E-state index in [1.54, 1.807) is 19.1 Å². The summed E-state index contributed by atoms with van der Waals surface area (Å²) in [5, 5.41) is 13.5. The summed E-state index contributed by atoms with van der Waals surface area (Å²) in [5.74, 6) is 0.436. The highest BCUT2D eigenvalue weighted by molar-refractivity contribution is 6.02. The van der Waals surface area contributed by atoms with Crippen LogP contribution in [0.5, 0.6) is 5.75 Å². The third kappa shape index (κ3) is 5.46. The number of ether oxygens (including phenoxy) is 1. The number of benzene rings is 2. The minimum absolute atomic E-state index is 0.0625. The van der Waals surface area contributed by atoms with Gasteiger partial charge in [-0.3, -0.25) is 14.9 Å². The molecule has 0 unspecified atom stereocenters. The average molecular weight is 340 g/mol. The molecule has 0 aromatic heterocycles. The van der Waals surface area contributed by atoms with Crippen molar-refractivity contribution in [3.05, 3.63) is 69.8 Å². The highest BCUT2D eigenvalue weighted by atomic mass is 16.6. The molecule has 2 rings (SSSR count). The number of anilines is 1. The molecule has 0 aliphatic carbocycles. The van der Waals surface area contributed by atoms with Crippen molar-refractivity contribution < 1.29 is 14.5 Å². The Balaban J connectivity index is 2.01. The Morgan fingerprint density at radius 2 is 1.96 bits per heavy atom. The molecule has 1 N–H and O–H groups in total. The van der Waals surface area contributed by atoms with Gasteiger partial charge in [0.25, 0.3) is 5.69 Å². The molecule has 1 amide bonds. The van der Waals surface area contributed by atoms with Crippen LogP contribution in [0.25, 0.3) is 6.08 Å². The Morgan fingerprint density at radius 3 is 2.60 bits per heavy atom. The number of rotatable bonds is 7. The molecule has 0 saturated heterocycles. The third-order valence-electron chi connectivity index (χ3n) is 3.47. The summed E-state index contributed by atoms with van der Waals surface area (Å²) in [6, 6.07) is 11.8. The number of nitro benzene ring substituents is 1. The monoisotopic (exact) mass is 340 g/mol. The molecule has 2 aromatic carbocycles. The van der Waals surface area contributed by atoms with E-state index in [4.69, 9.17) is 4.74 Å². The van der Waals surface area contributed by atoms with E-state index in [9.17, 15) is 14.9 Å². The molecule has 0 radical (unpaired) electrons. The first kappa shape index (κ1) is 18.2. The fourth-order valence-corrected chi connectivity index (χ4v) is 2.10. The highest BCUT2D eigenvalue weighted by Gasteiger charge is 2.09. The Hall–Kier alpha value is -3.15. The van der Waals surface area contributed by atoms with Crippen molar-refractivity contribution in [2.45, 2.75) is 20.3 Å². The van der Waals surface area contributed by atoms with Gasteiger partial charge < -0.3 is 10.1 Å². The van der Waals surface area contributed by atoms with Crippen molar-refractivity contribution in [3.63, 3.8) is 0 Å². The van der Waals surface area contributed by atoms with Gasteiger partial charge in [-0.05, 0) is 42.7 Å². The maximum absolute atomic E-state index is 12.0. The van der Waals surface area contributed by atoms with Crippen LogP contribution in [0.2, 0.25) is 0 Å². The number of hydrogen-bond donors (Lipinski definition) is 1. The number of carbonyl (C=O) groups is 1. The van der Waals surface area contributed by atoms with Gasteiger partial charge in [-0.25, -0.2) is 0 Å². The molecule has 0 saturated carbocycles. The minimum atomic E-state index is -0.493. The van der Waals surface area contributed by atoms with Crippen LogP contribution in [-0.4, -0.2) is 17.4 Å². The zero-order chi connectivity index (χ0) is 18.2. The van der Waals surface area contributed by atoms with Gasteiger partial charge in [0, 0.05) is 18.2 Å². The number of aryl methyl sites for hydroxylation is 1. The molecule has 6 heteroatoms. The van der Waals surface area contributed by atoms with Crippen LogP contribution >= 0.6 is 0 Å². The summed E-state index contributed by atoms with van der Waals surface area (Å²) in [7, 11) is 0. The molecule has 6 nitrogen and oxygen atoms in total. The number of nitro groups is 1. The summed E-state index contributed by atoms with van der Waals surface area (Å²) in [6.07, 6.45) is 4.00. The number of hydrogen-bond acceptors (Lipinski definition) is 4. The van der Waals surface area contributed by atoms with Gasteiger partial charge in [0.1, 0.15) is 5.75 Å². The van der Waals surface area contributed by atoms with Crippen molar-refractivity contribution in [3.8, 4) is 5.75 Å². The zero-order valence-corrected chi connectivity index (χ0v) is 14.2. The van der Waals surface area contributed by atoms with Crippen molar-refractivity contribution >= 4 is 23.4 Å². The standard InChI is InChI=1S/C19H20N2O4/c1-3-12-25-17-9-5-15(6-10-17)7-11-19(22)20-18-13-16(21(23)24)8-4-14(18)2/h4-11,13H,3,12H2,1-2H3,(H,20,22)/b11-7-. The molecule has 0 heterocycles. The van der Waals surface area contributed by atoms with E-state index in [1.807, 2.05) is 31.2 Å². The Kier molecular flexibility index (Phi) is 6.28. The van der Waals surface area contributed by atoms with Crippen molar-refractivity contribution in [1.29, 1.82) is 0 Å². The van der Waals surface area contributed by atoms with Gasteiger partial charge in [-0.2, -0.15) is 0 Å². The van der Waals surface area contributed by atoms with E-state index in [0.29, 0.717) is 12.3 Å². The van der Waals surface area contributed by atoms with Crippen molar-refractivity contribution in [1.82, 2.24) is 0 Å². The Bertz CT molecular complexity index is 783. The lowest BCUT2D eigenvalue weighted by Gasteiger charge is -2.06. The second-order valence-corrected chi connectivity index (χ2v) is 5.50. The van der Waals surface area contributed by atoms with Crippen LogP contribution in [0.4, 0.5) is 11.4 Å². The molecular formula is C19H20N2O4. The molecule has 0 aliphatic rings. The van der Waals surface area contributed by atoms with Crippen LogP contribution in [0.3, 0.4) is 0 Å². The van der Waals surface area contributed by atoms with E-state index >= 15 is 0 Å². The quantitative estimate of drug-likeness (QED) is 0.462. The van der Waals surface area contributed by atoms with Crippen LogP contribution in [0.15, 0.2) is 48.5 Å². The van der Waals surface area contributed by atoms with Crippen LogP contribution in [0.1, 0.15) is 24.5 Å². The largest absolute Gasteiger partial charge is 0.494 e.